The fourth-order valence-electron chi connectivity index (χ4n) is 2.00. The molecule has 0 aromatic rings. The van der Waals surface area contributed by atoms with Gasteiger partial charge in [-0.2, -0.15) is 0 Å². The molecule has 5 nitrogen and oxygen atoms in total. The lowest BCUT2D eigenvalue weighted by Gasteiger charge is -2.13. The molecule has 0 radical (unpaired) electrons. The molecule has 1 atom stereocenters. The second-order valence-electron chi connectivity index (χ2n) is 4.61. The minimum Gasteiger partial charge on any atom is -0.469 e. The van der Waals surface area contributed by atoms with E-state index in [-0.39, 0.29) is 24.5 Å². The van der Waals surface area contributed by atoms with Gasteiger partial charge in [-0.3, -0.25) is 9.59 Å². The number of esters is 2. The first-order chi connectivity index (χ1) is 9.15. The highest BCUT2D eigenvalue weighted by atomic mass is 16.5. The smallest absolute Gasteiger partial charge is 0.308 e. The average molecular weight is 274 g/mol. The molecular formula is C14H26O5. The maximum absolute atomic E-state index is 11.5. The summed E-state index contributed by atoms with van der Waals surface area (Å²) in [4.78, 5) is 22.4. The van der Waals surface area contributed by atoms with Gasteiger partial charge in [0.1, 0.15) is 0 Å². The van der Waals surface area contributed by atoms with Gasteiger partial charge in [0.25, 0.3) is 0 Å². The Morgan fingerprint density at radius 2 is 1.58 bits per heavy atom. The van der Waals surface area contributed by atoms with Gasteiger partial charge in [-0.05, 0) is 25.7 Å². The fraction of sp³-hybridized carbons (Fsp3) is 0.857. The van der Waals surface area contributed by atoms with Crippen molar-refractivity contribution < 1.29 is 24.2 Å². The van der Waals surface area contributed by atoms with Crippen LogP contribution in [-0.2, 0) is 19.1 Å². The van der Waals surface area contributed by atoms with E-state index in [4.69, 9.17) is 9.84 Å². The van der Waals surface area contributed by atoms with E-state index in [9.17, 15) is 9.59 Å². The molecule has 0 spiro atoms. The summed E-state index contributed by atoms with van der Waals surface area (Å²) < 4.78 is 9.31. The number of carbonyl (C=O) groups is 2. The van der Waals surface area contributed by atoms with E-state index in [1.54, 1.807) is 0 Å². The van der Waals surface area contributed by atoms with Crippen molar-refractivity contribution in [2.45, 2.75) is 51.4 Å². The van der Waals surface area contributed by atoms with Gasteiger partial charge in [-0.1, -0.05) is 19.3 Å². The number of rotatable bonds is 11. The first kappa shape index (κ1) is 17.9. The monoisotopic (exact) mass is 274 g/mol. The van der Waals surface area contributed by atoms with Crippen LogP contribution in [0.3, 0.4) is 0 Å². The minimum atomic E-state index is -0.192. The lowest BCUT2D eigenvalue weighted by Crippen LogP contribution is -2.16. The van der Waals surface area contributed by atoms with Crippen LogP contribution in [0.5, 0.6) is 0 Å². The van der Waals surface area contributed by atoms with Gasteiger partial charge in [0.2, 0.25) is 0 Å². The van der Waals surface area contributed by atoms with Crippen LogP contribution in [0.4, 0.5) is 0 Å². The van der Waals surface area contributed by atoms with Crippen LogP contribution >= 0.6 is 0 Å². The number of unbranched alkanes of at least 4 members (excludes halogenated alkanes) is 3. The number of aliphatic hydroxyl groups excluding tert-OH is 1. The predicted molar refractivity (Wildman–Crippen MR) is 71.5 cm³/mol. The third-order valence-electron chi connectivity index (χ3n) is 3.16. The van der Waals surface area contributed by atoms with Gasteiger partial charge >= 0.3 is 11.9 Å². The van der Waals surface area contributed by atoms with Crippen molar-refractivity contribution in [2.24, 2.45) is 5.92 Å². The average Bonchev–Trinajstić information content (AvgIpc) is 2.44. The molecule has 0 aliphatic heterocycles. The zero-order valence-corrected chi connectivity index (χ0v) is 12.0. The molecule has 1 N–H and O–H groups in total. The Morgan fingerprint density at radius 1 is 0.947 bits per heavy atom. The molecule has 0 heterocycles. The van der Waals surface area contributed by atoms with Crippen LogP contribution < -0.4 is 0 Å². The molecule has 0 aliphatic carbocycles. The Kier molecular flexibility index (Phi) is 11.3. The largest absolute Gasteiger partial charge is 0.469 e. The van der Waals surface area contributed by atoms with Gasteiger partial charge in [0.05, 0.1) is 20.1 Å². The fourth-order valence-corrected chi connectivity index (χ4v) is 2.00. The molecule has 0 amide bonds. The zero-order valence-electron chi connectivity index (χ0n) is 12.0. The van der Waals surface area contributed by atoms with Gasteiger partial charge in [0, 0.05) is 13.0 Å². The lowest BCUT2D eigenvalue weighted by molar-refractivity contribution is -0.146. The quantitative estimate of drug-likeness (QED) is 0.461. The summed E-state index contributed by atoms with van der Waals surface area (Å²) in [5.74, 6) is -0.476. The van der Waals surface area contributed by atoms with Crippen molar-refractivity contribution in [3.8, 4) is 0 Å². The topological polar surface area (TPSA) is 72.8 Å². The molecule has 0 rings (SSSR count). The van der Waals surface area contributed by atoms with Crippen molar-refractivity contribution in [3.63, 3.8) is 0 Å². The number of hydrogen-bond donors (Lipinski definition) is 1. The van der Waals surface area contributed by atoms with E-state index in [0.29, 0.717) is 19.3 Å². The number of hydrogen-bond acceptors (Lipinski definition) is 5. The van der Waals surface area contributed by atoms with Crippen molar-refractivity contribution in [3.05, 3.63) is 0 Å². The standard InChI is InChI=1S/C14H26O5/c1-18-13(16)10-6-4-3-5-8-12(9-7-11-15)14(17)19-2/h12,15H,3-11H2,1-2H3/t12-/m0/s1. The van der Waals surface area contributed by atoms with Crippen LogP contribution in [0.25, 0.3) is 0 Å². The molecule has 0 fully saturated rings. The lowest BCUT2D eigenvalue weighted by atomic mass is 9.96. The highest BCUT2D eigenvalue weighted by Crippen LogP contribution is 2.18. The third kappa shape index (κ3) is 9.47. The van der Waals surface area contributed by atoms with Crippen molar-refractivity contribution in [1.82, 2.24) is 0 Å². The Balaban J connectivity index is 3.68. The van der Waals surface area contributed by atoms with E-state index in [2.05, 4.69) is 4.74 Å². The Morgan fingerprint density at radius 3 is 2.16 bits per heavy atom. The molecule has 5 heteroatoms. The summed E-state index contributed by atoms with van der Waals surface area (Å²) in [6, 6.07) is 0. The minimum absolute atomic E-state index is 0.104. The van der Waals surface area contributed by atoms with E-state index >= 15 is 0 Å². The number of ether oxygens (including phenoxy) is 2. The summed E-state index contributed by atoms with van der Waals surface area (Å²) in [5, 5.41) is 8.79. The summed E-state index contributed by atoms with van der Waals surface area (Å²) in [7, 11) is 2.79. The first-order valence-electron chi connectivity index (χ1n) is 6.91. The molecule has 0 aromatic heterocycles. The van der Waals surface area contributed by atoms with Crippen LogP contribution in [0, 0.1) is 5.92 Å². The second kappa shape index (κ2) is 12.0. The predicted octanol–water partition coefficient (Wildman–Crippen LogP) is 2.06. The summed E-state index contributed by atoms with van der Waals surface area (Å²) in [6.45, 7) is 0.104. The van der Waals surface area contributed by atoms with Gasteiger partial charge < -0.3 is 14.6 Å². The van der Waals surface area contributed by atoms with Gasteiger partial charge in [-0.15, -0.1) is 0 Å². The summed E-state index contributed by atoms with van der Waals surface area (Å²) >= 11 is 0. The van der Waals surface area contributed by atoms with E-state index < -0.39 is 0 Å². The molecule has 0 aromatic carbocycles. The SMILES string of the molecule is COC(=O)CCCCCC[C@@H](CCCO)C(=O)OC. The highest BCUT2D eigenvalue weighted by Gasteiger charge is 2.17. The van der Waals surface area contributed by atoms with Gasteiger partial charge in [-0.25, -0.2) is 0 Å². The first-order valence-corrected chi connectivity index (χ1v) is 6.91. The molecule has 0 aliphatic rings. The molecule has 19 heavy (non-hydrogen) atoms. The molecule has 0 saturated carbocycles. The molecule has 0 unspecified atom stereocenters. The number of methoxy groups -OCH3 is 2. The number of carbonyl (C=O) groups excluding carboxylic acids is 2. The highest BCUT2D eigenvalue weighted by molar-refractivity contribution is 5.72. The third-order valence-corrected chi connectivity index (χ3v) is 3.16. The van der Waals surface area contributed by atoms with Crippen LogP contribution in [-0.4, -0.2) is 37.9 Å². The van der Waals surface area contributed by atoms with E-state index in [1.165, 1.54) is 14.2 Å². The van der Waals surface area contributed by atoms with E-state index in [0.717, 1.165) is 32.1 Å². The second-order valence-corrected chi connectivity index (χ2v) is 4.61. The number of aliphatic hydroxyl groups is 1. The van der Waals surface area contributed by atoms with Crippen molar-refractivity contribution >= 4 is 11.9 Å². The van der Waals surface area contributed by atoms with Crippen molar-refractivity contribution in [1.29, 1.82) is 0 Å². The molecule has 0 saturated heterocycles. The maximum atomic E-state index is 11.5. The molecular weight excluding hydrogens is 248 g/mol. The molecule has 112 valence electrons. The Hall–Kier alpha value is -1.10. The summed E-state index contributed by atoms with van der Waals surface area (Å²) in [6.07, 6.45) is 6.25. The van der Waals surface area contributed by atoms with Crippen LogP contribution in [0.1, 0.15) is 51.4 Å². The zero-order chi connectivity index (χ0) is 14.5. The van der Waals surface area contributed by atoms with Crippen LogP contribution in [0.2, 0.25) is 0 Å². The molecule has 0 bridgehead atoms. The van der Waals surface area contributed by atoms with E-state index in [1.807, 2.05) is 0 Å². The van der Waals surface area contributed by atoms with Crippen LogP contribution in [0.15, 0.2) is 0 Å². The summed E-state index contributed by atoms with van der Waals surface area (Å²) in [5.41, 5.74) is 0. The maximum Gasteiger partial charge on any atom is 0.308 e. The Labute approximate surface area is 115 Å². The Bertz CT molecular complexity index is 252. The normalized spacial score (nSPS) is 11.9. The van der Waals surface area contributed by atoms with Gasteiger partial charge in [0.15, 0.2) is 0 Å². The van der Waals surface area contributed by atoms with Crippen molar-refractivity contribution in [2.75, 3.05) is 20.8 Å².